The highest BCUT2D eigenvalue weighted by atomic mass is 79.9. The quantitative estimate of drug-likeness (QED) is 0.742. The molecule has 0 saturated carbocycles. The third-order valence-electron chi connectivity index (χ3n) is 4.20. The maximum Gasteiger partial charge on any atom is 0.241 e. The second-order valence-corrected chi connectivity index (χ2v) is 9.53. The van der Waals surface area contributed by atoms with Crippen LogP contribution in [0.2, 0.25) is 0 Å². The van der Waals surface area contributed by atoms with E-state index in [0.29, 0.717) is 24.2 Å². The van der Waals surface area contributed by atoms with E-state index in [4.69, 9.17) is 4.74 Å². The van der Waals surface area contributed by atoms with Crippen LogP contribution in [0.1, 0.15) is 16.5 Å². The second-order valence-electron chi connectivity index (χ2n) is 5.97. The smallest absolute Gasteiger partial charge is 0.241 e. The average molecular weight is 445 g/mol. The van der Waals surface area contributed by atoms with Gasteiger partial charge < -0.3 is 4.74 Å². The Kier molecular flexibility index (Phi) is 6.30. The zero-order valence-corrected chi connectivity index (χ0v) is 17.2. The van der Waals surface area contributed by atoms with Gasteiger partial charge in [-0.2, -0.15) is 0 Å². The molecule has 136 valence electrons. The largest absolute Gasteiger partial charge is 0.379 e. The van der Waals surface area contributed by atoms with Gasteiger partial charge in [-0.1, -0.05) is 12.1 Å². The number of rotatable bonds is 6. The van der Waals surface area contributed by atoms with Gasteiger partial charge in [-0.3, -0.25) is 4.90 Å². The van der Waals surface area contributed by atoms with Gasteiger partial charge in [-0.05, 0) is 52.0 Å². The Morgan fingerprint density at radius 2 is 2.08 bits per heavy atom. The first-order valence-corrected chi connectivity index (χ1v) is 11.2. The lowest BCUT2D eigenvalue weighted by atomic mass is 10.2. The summed E-state index contributed by atoms with van der Waals surface area (Å²) in [5.41, 5.74) is 1.01. The molecule has 0 spiro atoms. The summed E-state index contributed by atoms with van der Waals surface area (Å²) >= 11 is 5.01. The molecule has 1 aliphatic heterocycles. The molecule has 1 aromatic carbocycles. The van der Waals surface area contributed by atoms with Gasteiger partial charge in [0.25, 0.3) is 0 Å². The average Bonchev–Trinajstić information content (AvgIpc) is 3.10. The minimum absolute atomic E-state index is 0.0166. The fourth-order valence-electron chi connectivity index (χ4n) is 2.87. The topological polar surface area (TPSA) is 58.6 Å². The van der Waals surface area contributed by atoms with Crippen LogP contribution < -0.4 is 4.72 Å². The minimum Gasteiger partial charge on any atom is -0.379 e. The number of sulfonamides is 1. The Bertz CT molecular complexity index is 803. The minimum atomic E-state index is -3.58. The molecule has 0 radical (unpaired) electrons. The molecule has 1 atom stereocenters. The van der Waals surface area contributed by atoms with Crippen LogP contribution in [0.25, 0.3) is 0 Å². The third kappa shape index (κ3) is 4.69. The van der Waals surface area contributed by atoms with Crippen molar-refractivity contribution < 1.29 is 13.2 Å². The zero-order chi connectivity index (χ0) is 17.9. The molecule has 8 heteroatoms. The molecule has 2 aromatic rings. The van der Waals surface area contributed by atoms with Gasteiger partial charge >= 0.3 is 0 Å². The normalized spacial score (nSPS) is 17.5. The van der Waals surface area contributed by atoms with E-state index in [2.05, 4.69) is 31.6 Å². The predicted molar refractivity (Wildman–Crippen MR) is 104 cm³/mol. The van der Waals surface area contributed by atoms with Crippen LogP contribution in [0.5, 0.6) is 0 Å². The van der Waals surface area contributed by atoms with Gasteiger partial charge in [-0.15, -0.1) is 11.3 Å². The van der Waals surface area contributed by atoms with E-state index in [0.717, 1.165) is 23.5 Å². The highest BCUT2D eigenvalue weighted by Crippen LogP contribution is 2.27. The Labute approximate surface area is 161 Å². The van der Waals surface area contributed by atoms with Crippen LogP contribution in [0.15, 0.2) is 45.1 Å². The lowest BCUT2D eigenvalue weighted by Crippen LogP contribution is -2.43. The van der Waals surface area contributed by atoms with Crippen molar-refractivity contribution in [3.8, 4) is 0 Å². The molecule has 1 aromatic heterocycles. The first-order chi connectivity index (χ1) is 12.0. The van der Waals surface area contributed by atoms with E-state index >= 15 is 0 Å². The van der Waals surface area contributed by atoms with E-state index in [-0.39, 0.29) is 10.9 Å². The first kappa shape index (κ1) is 19.0. The number of hydrogen-bond acceptors (Lipinski definition) is 5. The molecule has 1 saturated heterocycles. The maximum absolute atomic E-state index is 12.7. The maximum atomic E-state index is 12.7. The van der Waals surface area contributed by atoms with Crippen molar-refractivity contribution in [3.63, 3.8) is 0 Å². The summed E-state index contributed by atoms with van der Waals surface area (Å²) in [6, 6.07) is 9.32. The summed E-state index contributed by atoms with van der Waals surface area (Å²) < 4.78 is 34.3. The number of morpholine rings is 1. The Balaban J connectivity index is 1.78. The molecule has 1 N–H and O–H groups in total. The Hall–Kier alpha value is -0.770. The van der Waals surface area contributed by atoms with Crippen molar-refractivity contribution in [1.82, 2.24) is 9.62 Å². The number of aryl methyl sites for hydroxylation is 1. The van der Waals surface area contributed by atoms with E-state index in [9.17, 15) is 8.42 Å². The van der Waals surface area contributed by atoms with Crippen molar-refractivity contribution in [3.05, 3.63) is 50.6 Å². The summed E-state index contributed by atoms with van der Waals surface area (Å²) in [6.45, 7) is 5.23. The summed E-state index contributed by atoms with van der Waals surface area (Å²) in [6.07, 6.45) is 0. The first-order valence-electron chi connectivity index (χ1n) is 8.08. The van der Waals surface area contributed by atoms with Crippen molar-refractivity contribution in [1.29, 1.82) is 0 Å². The number of hydrogen-bond donors (Lipinski definition) is 1. The van der Waals surface area contributed by atoms with Gasteiger partial charge in [0.15, 0.2) is 0 Å². The van der Waals surface area contributed by atoms with Crippen molar-refractivity contribution in [2.75, 3.05) is 32.8 Å². The van der Waals surface area contributed by atoms with E-state index < -0.39 is 10.0 Å². The van der Waals surface area contributed by atoms with Crippen LogP contribution in [0.4, 0.5) is 0 Å². The molecular formula is C17H21BrN2O3S2. The summed E-state index contributed by atoms with van der Waals surface area (Å²) in [7, 11) is -3.58. The van der Waals surface area contributed by atoms with Crippen LogP contribution in [0, 0.1) is 6.92 Å². The lowest BCUT2D eigenvalue weighted by molar-refractivity contribution is 0.0179. The molecule has 0 aliphatic carbocycles. The summed E-state index contributed by atoms with van der Waals surface area (Å²) in [5, 5.41) is 2.02. The van der Waals surface area contributed by atoms with Crippen molar-refractivity contribution in [2.45, 2.75) is 17.9 Å². The van der Waals surface area contributed by atoms with Crippen LogP contribution >= 0.6 is 27.3 Å². The summed E-state index contributed by atoms with van der Waals surface area (Å²) in [4.78, 5) is 3.71. The van der Waals surface area contributed by atoms with E-state index in [1.807, 2.05) is 24.4 Å². The second kappa shape index (κ2) is 8.28. The molecule has 0 bridgehead atoms. The number of benzene rings is 1. The predicted octanol–water partition coefficient (Wildman–Crippen LogP) is 3.17. The molecule has 1 fully saturated rings. The van der Waals surface area contributed by atoms with Crippen LogP contribution in [-0.4, -0.2) is 46.2 Å². The van der Waals surface area contributed by atoms with Gasteiger partial charge in [0.05, 0.1) is 24.2 Å². The van der Waals surface area contributed by atoms with Gasteiger partial charge in [-0.25, -0.2) is 13.1 Å². The zero-order valence-electron chi connectivity index (χ0n) is 13.9. The Morgan fingerprint density at radius 3 is 2.72 bits per heavy atom. The number of nitrogens with one attached hydrogen (secondary N) is 1. The molecule has 2 heterocycles. The molecular weight excluding hydrogens is 424 g/mol. The number of thiophene rings is 1. The fraction of sp³-hybridized carbons (Fsp3) is 0.412. The van der Waals surface area contributed by atoms with Crippen molar-refractivity contribution >= 4 is 37.3 Å². The van der Waals surface area contributed by atoms with Crippen molar-refractivity contribution in [2.24, 2.45) is 0 Å². The standard InChI is InChI=1S/C17H21BrN2O3S2/c1-13-4-5-17(14(18)11-13)25(21,22)19-12-15(16-3-2-10-24-16)20-6-8-23-9-7-20/h2-5,10-11,15,19H,6-9,12H2,1H3. The number of halogens is 1. The molecule has 5 nitrogen and oxygen atoms in total. The highest BCUT2D eigenvalue weighted by Gasteiger charge is 2.26. The number of nitrogens with zero attached hydrogens (tertiary/aromatic N) is 1. The monoisotopic (exact) mass is 444 g/mol. The molecule has 1 aliphatic rings. The lowest BCUT2D eigenvalue weighted by Gasteiger charge is -2.34. The van der Waals surface area contributed by atoms with E-state index in [1.165, 1.54) is 0 Å². The Morgan fingerprint density at radius 1 is 1.32 bits per heavy atom. The molecule has 25 heavy (non-hydrogen) atoms. The van der Waals surface area contributed by atoms with Gasteiger partial charge in [0, 0.05) is 29.0 Å². The molecule has 3 rings (SSSR count). The fourth-order valence-corrected chi connectivity index (χ4v) is 5.96. The molecule has 1 unspecified atom stereocenters. The highest BCUT2D eigenvalue weighted by molar-refractivity contribution is 9.10. The van der Waals surface area contributed by atoms with Gasteiger partial charge in [0.2, 0.25) is 10.0 Å². The van der Waals surface area contributed by atoms with Gasteiger partial charge in [0.1, 0.15) is 0 Å². The number of ether oxygens (including phenoxy) is 1. The summed E-state index contributed by atoms with van der Waals surface area (Å²) in [5.74, 6) is 0. The third-order valence-corrected chi connectivity index (χ3v) is 7.58. The van der Waals surface area contributed by atoms with E-state index in [1.54, 1.807) is 23.5 Å². The van der Waals surface area contributed by atoms with Crippen LogP contribution in [-0.2, 0) is 14.8 Å². The van der Waals surface area contributed by atoms with Crippen LogP contribution in [0.3, 0.4) is 0 Å². The SMILES string of the molecule is Cc1ccc(S(=O)(=O)NCC(c2cccs2)N2CCOCC2)c(Br)c1. The molecule has 0 amide bonds.